The van der Waals surface area contributed by atoms with E-state index in [-0.39, 0.29) is 5.78 Å². The third kappa shape index (κ3) is 3.46. The van der Waals surface area contributed by atoms with Crippen LogP contribution in [0.1, 0.15) is 22.8 Å². The van der Waals surface area contributed by atoms with Crippen molar-refractivity contribution in [1.29, 1.82) is 5.26 Å². The molecule has 2 aromatic rings. The molecular weight excluding hydrogens is 318 g/mol. The molecule has 100 valence electrons. The predicted octanol–water partition coefficient (Wildman–Crippen LogP) is 3.97. The van der Waals surface area contributed by atoms with E-state index in [4.69, 9.17) is 10.00 Å². The van der Waals surface area contributed by atoms with Crippen LogP contribution in [0, 0.1) is 11.3 Å². The number of benzene rings is 2. The van der Waals surface area contributed by atoms with Crippen molar-refractivity contribution in [3.05, 3.63) is 64.1 Å². The minimum atomic E-state index is -0.580. The van der Waals surface area contributed by atoms with E-state index < -0.39 is 6.10 Å². The minimum absolute atomic E-state index is 0.0816. The number of nitrogens with zero attached hydrogens (tertiary/aromatic N) is 1. The summed E-state index contributed by atoms with van der Waals surface area (Å²) < 4.78 is 6.52. The molecule has 0 N–H and O–H groups in total. The number of nitriles is 1. The number of ketones is 1. The molecule has 0 spiro atoms. The van der Waals surface area contributed by atoms with Gasteiger partial charge in [0.25, 0.3) is 0 Å². The maximum atomic E-state index is 12.2. The van der Waals surface area contributed by atoms with Gasteiger partial charge in [-0.05, 0) is 43.3 Å². The second-order valence-corrected chi connectivity index (χ2v) is 5.18. The smallest absolute Gasteiger partial charge is 0.202 e. The van der Waals surface area contributed by atoms with Gasteiger partial charge in [-0.25, -0.2) is 0 Å². The number of carbonyl (C=O) groups excluding carboxylic acids is 1. The van der Waals surface area contributed by atoms with Crippen LogP contribution >= 0.6 is 15.9 Å². The molecule has 20 heavy (non-hydrogen) atoms. The maximum Gasteiger partial charge on any atom is 0.202 e. The van der Waals surface area contributed by atoms with Crippen LogP contribution in [0.3, 0.4) is 0 Å². The lowest BCUT2D eigenvalue weighted by molar-refractivity contribution is 0.0818. The number of hydrogen-bond donors (Lipinski definition) is 0. The van der Waals surface area contributed by atoms with Crippen LogP contribution in [0.25, 0.3) is 0 Å². The summed E-state index contributed by atoms with van der Waals surface area (Å²) in [5.41, 5.74) is 1.17. The average molecular weight is 330 g/mol. The van der Waals surface area contributed by atoms with Crippen LogP contribution in [0.5, 0.6) is 5.75 Å². The lowest BCUT2D eigenvalue weighted by Crippen LogP contribution is -2.23. The summed E-state index contributed by atoms with van der Waals surface area (Å²) >= 11 is 3.33. The Morgan fingerprint density at radius 3 is 2.30 bits per heavy atom. The Kier molecular flexibility index (Phi) is 4.54. The highest BCUT2D eigenvalue weighted by atomic mass is 79.9. The molecule has 0 radical (unpaired) electrons. The Labute approximate surface area is 125 Å². The van der Waals surface area contributed by atoms with E-state index in [1.54, 1.807) is 43.3 Å². The van der Waals surface area contributed by atoms with Gasteiger partial charge in [-0.3, -0.25) is 4.79 Å². The summed E-state index contributed by atoms with van der Waals surface area (Å²) in [6, 6.07) is 15.9. The zero-order chi connectivity index (χ0) is 14.5. The molecule has 2 aromatic carbocycles. The predicted molar refractivity (Wildman–Crippen MR) is 79.7 cm³/mol. The minimum Gasteiger partial charge on any atom is -0.483 e. The van der Waals surface area contributed by atoms with Crippen molar-refractivity contribution in [2.24, 2.45) is 0 Å². The van der Waals surface area contributed by atoms with Gasteiger partial charge < -0.3 is 4.74 Å². The fourth-order valence-corrected chi connectivity index (χ4v) is 1.98. The first-order valence-electron chi connectivity index (χ1n) is 6.07. The van der Waals surface area contributed by atoms with E-state index in [1.165, 1.54) is 0 Å². The van der Waals surface area contributed by atoms with Crippen LogP contribution < -0.4 is 4.74 Å². The molecule has 4 heteroatoms. The number of ether oxygens (including phenoxy) is 1. The van der Waals surface area contributed by atoms with Crippen LogP contribution in [-0.4, -0.2) is 11.9 Å². The first kappa shape index (κ1) is 14.3. The van der Waals surface area contributed by atoms with E-state index in [2.05, 4.69) is 15.9 Å². The van der Waals surface area contributed by atoms with E-state index in [1.807, 2.05) is 18.2 Å². The first-order valence-corrected chi connectivity index (χ1v) is 6.86. The van der Waals surface area contributed by atoms with Gasteiger partial charge in [0.15, 0.2) is 6.10 Å². The van der Waals surface area contributed by atoms with Crippen LogP contribution in [0.2, 0.25) is 0 Å². The Balaban J connectivity index is 2.07. The van der Waals surface area contributed by atoms with Crippen molar-refractivity contribution >= 4 is 21.7 Å². The summed E-state index contributed by atoms with van der Waals surface area (Å²) in [6.45, 7) is 1.71. The molecule has 0 amide bonds. The van der Waals surface area contributed by atoms with Gasteiger partial charge in [0.05, 0.1) is 11.6 Å². The van der Waals surface area contributed by atoms with Crippen LogP contribution in [0.15, 0.2) is 53.0 Å². The maximum absolute atomic E-state index is 12.2. The largest absolute Gasteiger partial charge is 0.483 e. The van der Waals surface area contributed by atoms with Gasteiger partial charge in [0.2, 0.25) is 5.78 Å². The molecule has 0 aliphatic rings. The van der Waals surface area contributed by atoms with Crippen LogP contribution in [0.4, 0.5) is 0 Å². The van der Waals surface area contributed by atoms with Gasteiger partial charge in [0, 0.05) is 10.0 Å². The zero-order valence-corrected chi connectivity index (χ0v) is 12.4. The van der Waals surface area contributed by atoms with E-state index in [9.17, 15) is 4.79 Å². The molecule has 0 saturated carbocycles. The van der Waals surface area contributed by atoms with Crippen molar-refractivity contribution in [2.45, 2.75) is 13.0 Å². The molecule has 0 aromatic heterocycles. The summed E-state index contributed by atoms with van der Waals surface area (Å²) in [5.74, 6) is 0.490. The zero-order valence-electron chi connectivity index (χ0n) is 10.8. The second kappa shape index (κ2) is 6.36. The van der Waals surface area contributed by atoms with Gasteiger partial charge in [-0.15, -0.1) is 0 Å². The number of Topliss-reactive ketones (excluding diaryl/α,β-unsaturated/α-hetero) is 1. The topological polar surface area (TPSA) is 50.1 Å². The van der Waals surface area contributed by atoms with Gasteiger partial charge in [-0.1, -0.05) is 28.1 Å². The van der Waals surface area contributed by atoms with E-state index in [0.717, 1.165) is 4.47 Å². The normalized spacial score (nSPS) is 11.4. The summed E-state index contributed by atoms with van der Waals surface area (Å²) in [7, 11) is 0. The van der Waals surface area contributed by atoms with Gasteiger partial charge in [-0.2, -0.15) is 5.26 Å². The highest BCUT2D eigenvalue weighted by Crippen LogP contribution is 2.17. The number of halogens is 1. The third-order valence-electron chi connectivity index (χ3n) is 2.79. The number of rotatable bonds is 4. The molecule has 0 aliphatic carbocycles. The summed E-state index contributed by atoms with van der Waals surface area (Å²) in [5, 5.41) is 8.72. The Morgan fingerprint density at radius 2 is 1.75 bits per heavy atom. The molecule has 2 rings (SSSR count). The van der Waals surface area contributed by atoms with Crippen molar-refractivity contribution in [1.82, 2.24) is 0 Å². The quantitative estimate of drug-likeness (QED) is 0.797. The van der Waals surface area contributed by atoms with Crippen molar-refractivity contribution in [2.75, 3.05) is 0 Å². The number of carbonyl (C=O) groups is 1. The Morgan fingerprint density at radius 1 is 1.15 bits per heavy atom. The van der Waals surface area contributed by atoms with E-state index in [0.29, 0.717) is 16.9 Å². The summed E-state index contributed by atoms with van der Waals surface area (Å²) in [6.07, 6.45) is -0.580. The molecule has 0 bridgehead atoms. The highest BCUT2D eigenvalue weighted by Gasteiger charge is 2.16. The molecular formula is C16H12BrNO2. The lowest BCUT2D eigenvalue weighted by atomic mass is 10.1. The molecule has 3 nitrogen and oxygen atoms in total. The Hall–Kier alpha value is -2.12. The molecule has 0 heterocycles. The molecule has 0 fully saturated rings. The first-order chi connectivity index (χ1) is 9.60. The fourth-order valence-electron chi connectivity index (χ4n) is 1.71. The molecule has 1 atom stereocenters. The van der Waals surface area contributed by atoms with Crippen molar-refractivity contribution in [3.63, 3.8) is 0 Å². The van der Waals surface area contributed by atoms with Gasteiger partial charge in [0.1, 0.15) is 5.75 Å². The summed E-state index contributed by atoms with van der Waals surface area (Å²) in [4.78, 5) is 12.2. The van der Waals surface area contributed by atoms with Gasteiger partial charge >= 0.3 is 0 Å². The lowest BCUT2D eigenvalue weighted by Gasteiger charge is -2.13. The highest BCUT2D eigenvalue weighted by molar-refractivity contribution is 9.10. The van der Waals surface area contributed by atoms with Crippen molar-refractivity contribution < 1.29 is 9.53 Å². The average Bonchev–Trinajstić information content (AvgIpc) is 2.48. The molecule has 0 saturated heterocycles. The third-order valence-corrected chi connectivity index (χ3v) is 3.32. The Bertz CT molecular complexity index is 642. The monoisotopic (exact) mass is 329 g/mol. The SMILES string of the molecule is C[C@@H](Oc1ccc(C#N)cc1)C(=O)c1ccc(Br)cc1. The number of hydrogen-bond acceptors (Lipinski definition) is 3. The molecule has 0 aliphatic heterocycles. The molecule has 0 unspecified atom stereocenters. The van der Waals surface area contributed by atoms with Crippen LogP contribution in [-0.2, 0) is 0 Å². The van der Waals surface area contributed by atoms with E-state index >= 15 is 0 Å². The fraction of sp³-hybridized carbons (Fsp3) is 0.125. The second-order valence-electron chi connectivity index (χ2n) is 4.27. The van der Waals surface area contributed by atoms with Crippen molar-refractivity contribution in [3.8, 4) is 11.8 Å². The standard InChI is InChI=1S/C16H12BrNO2/c1-11(16(19)13-4-6-14(17)7-5-13)20-15-8-2-12(10-18)3-9-15/h2-9,11H,1H3/t11-/m1/s1.